The third-order valence-corrected chi connectivity index (χ3v) is 5.35. The second kappa shape index (κ2) is 9.87. The highest BCUT2D eigenvalue weighted by Crippen LogP contribution is 2.34. The molecule has 0 atom stereocenters. The Morgan fingerprint density at radius 3 is 2.54 bits per heavy atom. The average Bonchev–Trinajstić information content (AvgIpc) is 2.98. The summed E-state index contributed by atoms with van der Waals surface area (Å²) in [5.41, 5.74) is 0.817. The molecule has 1 amide bonds. The Balaban J connectivity index is 1.88. The van der Waals surface area contributed by atoms with Gasteiger partial charge in [-0.1, -0.05) is 39.5 Å². The first-order chi connectivity index (χ1) is 13.7. The summed E-state index contributed by atoms with van der Waals surface area (Å²) in [6.07, 6.45) is 9.56. The van der Waals surface area contributed by atoms with Gasteiger partial charge in [0.25, 0.3) is 5.91 Å². The van der Waals surface area contributed by atoms with Gasteiger partial charge in [-0.3, -0.25) is 9.78 Å². The molecule has 0 spiro atoms. The van der Waals surface area contributed by atoms with Crippen LogP contribution in [0.4, 0.5) is 5.69 Å². The van der Waals surface area contributed by atoms with E-state index in [-0.39, 0.29) is 5.91 Å². The predicted octanol–water partition coefficient (Wildman–Crippen LogP) is 5.48. The van der Waals surface area contributed by atoms with Crippen LogP contribution in [-0.4, -0.2) is 29.7 Å². The first-order valence-corrected chi connectivity index (χ1v) is 10.7. The lowest BCUT2D eigenvalue weighted by Crippen LogP contribution is -2.45. The summed E-state index contributed by atoms with van der Waals surface area (Å²) in [6, 6.07) is 7.67. The molecule has 0 unspecified atom stereocenters. The number of nitrogens with one attached hydrogen (secondary N) is 1. The number of carbonyl (C=O) groups excluding carboxylic acids is 1. The number of anilines is 1. The number of benzene rings is 1. The number of hydrogen-bond acceptors (Lipinski definition) is 4. The molecule has 0 bridgehead atoms. The number of hydrogen-bond donors (Lipinski definition) is 1. The minimum atomic E-state index is -0.724. The maximum absolute atomic E-state index is 13.4. The van der Waals surface area contributed by atoms with E-state index in [1.54, 1.807) is 6.20 Å². The summed E-state index contributed by atoms with van der Waals surface area (Å²) < 4.78 is 12.0. The van der Waals surface area contributed by atoms with E-state index in [0.29, 0.717) is 13.2 Å². The van der Waals surface area contributed by atoms with Gasteiger partial charge in [0.15, 0.2) is 0 Å². The standard InChI is InChI=1S/C23H32N2O3/c1-3-16-27-20-12-11-19(18-10-9-15-24-21(18)20)25-22(26)23(28-17-4-2)13-7-5-6-8-14-23/h9-12,15H,3-8,13-14,16-17H2,1-2H3,(H,25,26). The van der Waals surface area contributed by atoms with E-state index in [1.165, 1.54) is 12.8 Å². The summed E-state index contributed by atoms with van der Waals surface area (Å²) in [5.74, 6) is 0.720. The molecular weight excluding hydrogens is 352 g/mol. The summed E-state index contributed by atoms with van der Waals surface area (Å²) >= 11 is 0. The van der Waals surface area contributed by atoms with Gasteiger partial charge in [0.2, 0.25) is 0 Å². The molecule has 28 heavy (non-hydrogen) atoms. The van der Waals surface area contributed by atoms with Gasteiger partial charge in [-0.25, -0.2) is 0 Å². The average molecular weight is 385 g/mol. The third-order valence-electron chi connectivity index (χ3n) is 5.35. The van der Waals surface area contributed by atoms with Crippen LogP contribution in [0, 0.1) is 0 Å². The largest absolute Gasteiger partial charge is 0.491 e. The number of amides is 1. The molecule has 1 saturated carbocycles. The van der Waals surface area contributed by atoms with Gasteiger partial charge in [-0.2, -0.15) is 0 Å². The van der Waals surface area contributed by atoms with E-state index < -0.39 is 5.60 Å². The fourth-order valence-corrected chi connectivity index (χ4v) is 3.85. The smallest absolute Gasteiger partial charge is 0.256 e. The van der Waals surface area contributed by atoms with Crippen LogP contribution in [0.3, 0.4) is 0 Å². The van der Waals surface area contributed by atoms with Crippen molar-refractivity contribution in [3.63, 3.8) is 0 Å². The molecule has 5 nitrogen and oxygen atoms in total. The SMILES string of the molecule is CCCOc1ccc(NC(=O)C2(OCCC)CCCCCC2)c2cccnc12. The van der Waals surface area contributed by atoms with E-state index in [9.17, 15) is 4.79 Å². The van der Waals surface area contributed by atoms with Gasteiger partial charge < -0.3 is 14.8 Å². The van der Waals surface area contributed by atoms with Crippen molar-refractivity contribution in [2.75, 3.05) is 18.5 Å². The van der Waals surface area contributed by atoms with Crippen molar-refractivity contribution >= 4 is 22.5 Å². The zero-order chi connectivity index (χ0) is 19.8. The number of aromatic nitrogens is 1. The van der Waals surface area contributed by atoms with Crippen LogP contribution in [-0.2, 0) is 9.53 Å². The normalized spacial score (nSPS) is 16.5. The van der Waals surface area contributed by atoms with E-state index in [0.717, 1.165) is 60.9 Å². The number of fused-ring (bicyclic) bond motifs is 1. The van der Waals surface area contributed by atoms with E-state index >= 15 is 0 Å². The lowest BCUT2D eigenvalue weighted by molar-refractivity contribution is -0.143. The summed E-state index contributed by atoms with van der Waals surface area (Å²) in [7, 11) is 0. The zero-order valence-corrected chi connectivity index (χ0v) is 17.1. The lowest BCUT2D eigenvalue weighted by atomic mass is 9.92. The van der Waals surface area contributed by atoms with Crippen LogP contribution in [0.15, 0.2) is 30.5 Å². The van der Waals surface area contributed by atoms with Crippen molar-refractivity contribution in [2.24, 2.45) is 0 Å². The second-order valence-corrected chi connectivity index (χ2v) is 7.57. The Labute approximate surface area is 167 Å². The third kappa shape index (κ3) is 4.64. The number of pyridine rings is 1. The fraction of sp³-hybridized carbons (Fsp3) is 0.565. The molecule has 0 saturated heterocycles. The first-order valence-electron chi connectivity index (χ1n) is 10.7. The maximum Gasteiger partial charge on any atom is 0.256 e. The Hall–Kier alpha value is -2.14. The molecule has 1 N–H and O–H groups in total. The summed E-state index contributed by atoms with van der Waals surface area (Å²) in [4.78, 5) is 17.8. The number of carbonyl (C=O) groups is 1. The molecule has 2 aromatic rings. The number of ether oxygens (including phenoxy) is 2. The minimum absolute atomic E-state index is 0.0322. The van der Waals surface area contributed by atoms with Gasteiger partial charge in [0.05, 0.1) is 12.3 Å². The van der Waals surface area contributed by atoms with Crippen LogP contribution >= 0.6 is 0 Å². The monoisotopic (exact) mass is 384 g/mol. The molecule has 1 fully saturated rings. The lowest BCUT2D eigenvalue weighted by Gasteiger charge is -2.31. The Morgan fingerprint density at radius 1 is 1.07 bits per heavy atom. The van der Waals surface area contributed by atoms with Crippen LogP contribution in [0.2, 0.25) is 0 Å². The molecule has 5 heteroatoms. The Morgan fingerprint density at radius 2 is 1.82 bits per heavy atom. The highest BCUT2D eigenvalue weighted by atomic mass is 16.5. The van der Waals surface area contributed by atoms with Gasteiger partial charge in [-0.15, -0.1) is 0 Å². The van der Waals surface area contributed by atoms with Gasteiger partial charge >= 0.3 is 0 Å². The summed E-state index contributed by atoms with van der Waals surface area (Å²) in [6.45, 7) is 5.41. The van der Waals surface area contributed by atoms with Crippen molar-refractivity contribution in [1.82, 2.24) is 4.98 Å². The topological polar surface area (TPSA) is 60.5 Å². The molecular formula is C23H32N2O3. The van der Waals surface area contributed by atoms with Crippen LogP contribution < -0.4 is 10.1 Å². The first kappa shape index (κ1) is 20.6. The van der Waals surface area contributed by atoms with Crippen molar-refractivity contribution in [3.05, 3.63) is 30.5 Å². The highest BCUT2D eigenvalue weighted by molar-refractivity contribution is 6.05. The molecule has 1 aromatic carbocycles. The highest BCUT2D eigenvalue weighted by Gasteiger charge is 2.39. The summed E-state index contributed by atoms with van der Waals surface area (Å²) in [5, 5.41) is 4.05. The predicted molar refractivity (Wildman–Crippen MR) is 113 cm³/mol. The van der Waals surface area contributed by atoms with Crippen molar-refractivity contribution < 1.29 is 14.3 Å². The van der Waals surface area contributed by atoms with E-state index in [2.05, 4.69) is 24.1 Å². The molecule has 0 aliphatic heterocycles. The Bertz CT molecular complexity index is 783. The van der Waals surface area contributed by atoms with Gasteiger partial charge in [0, 0.05) is 18.2 Å². The van der Waals surface area contributed by atoms with E-state index in [4.69, 9.17) is 9.47 Å². The number of nitrogens with zero attached hydrogens (tertiary/aromatic N) is 1. The van der Waals surface area contributed by atoms with Crippen molar-refractivity contribution in [2.45, 2.75) is 70.8 Å². The molecule has 152 valence electrons. The second-order valence-electron chi connectivity index (χ2n) is 7.57. The molecule has 1 aliphatic carbocycles. The van der Waals surface area contributed by atoms with E-state index in [1.807, 2.05) is 24.3 Å². The Kier molecular flexibility index (Phi) is 7.26. The van der Waals surface area contributed by atoms with Crippen LogP contribution in [0.5, 0.6) is 5.75 Å². The maximum atomic E-state index is 13.4. The molecule has 1 aromatic heterocycles. The van der Waals surface area contributed by atoms with Crippen molar-refractivity contribution in [3.8, 4) is 5.75 Å². The van der Waals surface area contributed by atoms with Crippen LogP contribution in [0.1, 0.15) is 65.2 Å². The number of rotatable bonds is 8. The van der Waals surface area contributed by atoms with Gasteiger partial charge in [0.1, 0.15) is 16.9 Å². The minimum Gasteiger partial charge on any atom is -0.491 e. The molecule has 3 rings (SSSR count). The van der Waals surface area contributed by atoms with Gasteiger partial charge in [-0.05, 0) is 49.9 Å². The zero-order valence-electron chi connectivity index (χ0n) is 17.1. The molecule has 1 aliphatic rings. The fourth-order valence-electron chi connectivity index (χ4n) is 3.85. The molecule has 1 heterocycles. The molecule has 0 radical (unpaired) electrons. The van der Waals surface area contributed by atoms with Crippen molar-refractivity contribution in [1.29, 1.82) is 0 Å². The quantitative estimate of drug-likeness (QED) is 0.612. The van der Waals surface area contributed by atoms with Crippen LogP contribution in [0.25, 0.3) is 10.9 Å².